The molecule has 4 rings (SSSR count). The van der Waals surface area contributed by atoms with E-state index < -0.39 is 6.29 Å². The summed E-state index contributed by atoms with van der Waals surface area (Å²) >= 11 is 7.63. The van der Waals surface area contributed by atoms with E-state index in [1.165, 1.54) is 0 Å². The molecule has 0 bridgehead atoms. The molecule has 0 aliphatic carbocycles. The Kier molecular flexibility index (Phi) is 9.81. The number of hydrogen-bond acceptors (Lipinski definition) is 5. The largest absolute Gasteiger partial charge is 0.326 e. The minimum atomic E-state index is -0.698. The van der Waals surface area contributed by atoms with Gasteiger partial charge in [-0.05, 0) is 60.9 Å². The van der Waals surface area contributed by atoms with Crippen LogP contribution in [0.2, 0.25) is 5.02 Å². The molecule has 3 aromatic carbocycles. The average molecular weight is 550 g/mol. The Morgan fingerprint density at radius 1 is 1.11 bits per heavy atom. The molecule has 3 aromatic rings. The molecule has 1 saturated heterocycles. The minimum absolute atomic E-state index is 0.0955. The Morgan fingerprint density at radius 3 is 2.58 bits per heavy atom. The van der Waals surface area contributed by atoms with Gasteiger partial charge in [0, 0.05) is 33.8 Å². The van der Waals surface area contributed by atoms with Crippen molar-refractivity contribution >= 4 is 46.8 Å². The zero-order valence-corrected chi connectivity index (χ0v) is 23.0. The van der Waals surface area contributed by atoms with E-state index >= 15 is 0 Å². The number of benzene rings is 3. The molecule has 3 atom stereocenters. The SMILES string of the molecule is CCC(C(=O)N/C(=N/C1NC(=O)CC(CSc2ccc(Cl)cc2)N1)Nc1cccc(C)c1)c1ccccc1. The summed E-state index contributed by atoms with van der Waals surface area (Å²) in [5.74, 6) is 0.336. The van der Waals surface area contributed by atoms with E-state index in [-0.39, 0.29) is 29.7 Å². The zero-order valence-electron chi connectivity index (χ0n) is 21.4. The van der Waals surface area contributed by atoms with Crippen molar-refractivity contribution in [2.75, 3.05) is 11.1 Å². The van der Waals surface area contributed by atoms with Crippen LogP contribution in [0.3, 0.4) is 0 Å². The number of nitrogens with one attached hydrogen (secondary N) is 4. The topological polar surface area (TPSA) is 94.6 Å². The van der Waals surface area contributed by atoms with Crippen LogP contribution in [-0.2, 0) is 9.59 Å². The molecular weight excluding hydrogens is 518 g/mol. The van der Waals surface area contributed by atoms with E-state index in [1.807, 2.05) is 92.7 Å². The van der Waals surface area contributed by atoms with Gasteiger partial charge in [-0.2, -0.15) is 0 Å². The molecule has 3 unspecified atom stereocenters. The van der Waals surface area contributed by atoms with Crippen molar-refractivity contribution in [3.05, 3.63) is 95.0 Å². The smallest absolute Gasteiger partial charge is 0.234 e. The van der Waals surface area contributed by atoms with Gasteiger partial charge < -0.3 is 10.6 Å². The van der Waals surface area contributed by atoms with Crippen LogP contribution in [0.1, 0.15) is 36.8 Å². The van der Waals surface area contributed by atoms with Gasteiger partial charge in [-0.25, -0.2) is 4.99 Å². The van der Waals surface area contributed by atoms with Gasteiger partial charge in [-0.15, -0.1) is 11.8 Å². The van der Waals surface area contributed by atoms with Gasteiger partial charge in [0.05, 0.1) is 5.92 Å². The lowest BCUT2D eigenvalue weighted by molar-refractivity contribution is -0.124. The summed E-state index contributed by atoms with van der Waals surface area (Å²) < 4.78 is 0. The molecule has 38 heavy (non-hydrogen) atoms. The summed E-state index contributed by atoms with van der Waals surface area (Å²) in [6.07, 6.45) is 0.276. The van der Waals surface area contributed by atoms with Crippen molar-refractivity contribution in [2.24, 2.45) is 4.99 Å². The van der Waals surface area contributed by atoms with Crippen LogP contribution in [0.15, 0.2) is 88.8 Å². The maximum atomic E-state index is 13.3. The van der Waals surface area contributed by atoms with Gasteiger partial charge in [-0.1, -0.05) is 61.0 Å². The van der Waals surface area contributed by atoms with Crippen LogP contribution in [0.25, 0.3) is 0 Å². The predicted molar refractivity (Wildman–Crippen MR) is 156 cm³/mol. The molecule has 4 N–H and O–H groups in total. The van der Waals surface area contributed by atoms with Gasteiger partial charge in [0.15, 0.2) is 6.29 Å². The Morgan fingerprint density at radius 2 is 1.87 bits per heavy atom. The highest BCUT2D eigenvalue weighted by molar-refractivity contribution is 7.99. The zero-order chi connectivity index (χ0) is 26.9. The lowest BCUT2D eigenvalue weighted by Gasteiger charge is -2.29. The van der Waals surface area contributed by atoms with Gasteiger partial charge in [-0.3, -0.25) is 20.2 Å². The lowest BCUT2D eigenvalue weighted by Crippen LogP contribution is -2.57. The fourth-order valence-corrected chi connectivity index (χ4v) is 5.27. The molecule has 1 fully saturated rings. The Labute approximate surface area is 232 Å². The molecular formula is C29H32ClN5O2S. The van der Waals surface area contributed by atoms with Crippen molar-refractivity contribution < 1.29 is 9.59 Å². The summed E-state index contributed by atoms with van der Waals surface area (Å²) in [4.78, 5) is 31.6. The molecule has 0 radical (unpaired) electrons. The van der Waals surface area contributed by atoms with Crippen LogP contribution >= 0.6 is 23.4 Å². The number of aryl methyl sites for hydroxylation is 1. The van der Waals surface area contributed by atoms with E-state index in [9.17, 15) is 9.59 Å². The normalized spacial score (nSPS) is 18.4. The number of hydrogen-bond donors (Lipinski definition) is 4. The molecule has 0 saturated carbocycles. The van der Waals surface area contributed by atoms with Crippen molar-refractivity contribution in [3.8, 4) is 0 Å². The van der Waals surface area contributed by atoms with Crippen LogP contribution in [0, 0.1) is 6.92 Å². The van der Waals surface area contributed by atoms with E-state index in [0.29, 0.717) is 23.6 Å². The first-order valence-electron chi connectivity index (χ1n) is 12.6. The first kappa shape index (κ1) is 27.7. The molecule has 1 heterocycles. The predicted octanol–water partition coefficient (Wildman–Crippen LogP) is 5.28. The second kappa shape index (κ2) is 13.5. The van der Waals surface area contributed by atoms with Gasteiger partial charge in [0.1, 0.15) is 0 Å². The Balaban J connectivity index is 1.51. The van der Waals surface area contributed by atoms with E-state index in [2.05, 4.69) is 26.3 Å². The number of nitrogens with zero attached hydrogens (tertiary/aromatic N) is 1. The summed E-state index contributed by atoms with van der Waals surface area (Å²) in [5.41, 5.74) is 2.79. The maximum Gasteiger partial charge on any atom is 0.234 e. The van der Waals surface area contributed by atoms with E-state index in [0.717, 1.165) is 21.7 Å². The third kappa shape index (κ3) is 8.08. The minimum Gasteiger partial charge on any atom is -0.326 e. The second-order valence-corrected chi connectivity index (χ2v) is 10.7. The highest BCUT2D eigenvalue weighted by atomic mass is 35.5. The molecule has 7 nitrogen and oxygen atoms in total. The third-order valence-electron chi connectivity index (χ3n) is 6.10. The Hall–Kier alpha value is -3.33. The van der Waals surface area contributed by atoms with Crippen molar-refractivity contribution in [1.82, 2.24) is 16.0 Å². The highest BCUT2D eigenvalue weighted by Gasteiger charge is 2.27. The van der Waals surface area contributed by atoms with E-state index in [1.54, 1.807) is 11.8 Å². The number of guanidine groups is 1. The molecule has 1 aliphatic heterocycles. The van der Waals surface area contributed by atoms with Crippen LogP contribution in [0.5, 0.6) is 0 Å². The first-order chi connectivity index (χ1) is 18.4. The van der Waals surface area contributed by atoms with Gasteiger partial charge >= 0.3 is 0 Å². The number of thioether (sulfide) groups is 1. The van der Waals surface area contributed by atoms with Crippen LogP contribution in [0.4, 0.5) is 5.69 Å². The quantitative estimate of drug-likeness (QED) is 0.174. The number of carbonyl (C=O) groups is 2. The number of aliphatic imine (C=N–C) groups is 1. The number of amides is 2. The third-order valence-corrected chi connectivity index (χ3v) is 7.52. The van der Waals surface area contributed by atoms with Gasteiger partial charge in [0.25, 0.3) is 0 Å². The van der Waals surface area contributed by atoms with Gasteiger partial charge in [0.2, 0.25) is 17.8 Å². The van der Waals surface area contributed by atoms with Crippen LogP contribution < -0.4 is 21.3 Å². The maximum absolute atomic E-state index is 13.3. The number of carbonyl (C=O) groups excluding carboxylic acids is 2. The fraction of sp³-hybridized carbons (Fsp3) is 0.276. The molecule has 0 spiro atoms. The standard InChI is InChI=1S/C29H32ClN5O2S/c1-3-25(20-9-5-4-6-10-20)27(37)34-29(31-22-11-7-8-19(2)16-22)35-28-32-23(17-26(36)33-28)18-38-24-14-12-21(30)13-15-24/h4-16,23,25,28,32H,3,17-18H2,1-2H3,(H,33,36)(H2,31,34,35,37). The summed E-state index contributed by atoms with van der Waals surface area (Å²) in [5, 5.41) is 13.1. The number of anilines is 1. The summed E-state index contributed by atoms with van der Waals surface area (Å²) in [7, 11) is 0. The summed E-state index contributed by atoms with van der Waals surface area (Å²) in [6.45, 7) is 3.98. The summed E-state index contributed by atoms with van der Waals surface area (Å²) in [6, 6.07) is 25.0. The Bertz CT molecular complexity index is 1270. The van der Waals surface area contributed by atoms with Crippen molar-refractivity contribution in [3.63, 3.8) is 0 Å². The number of halogens is 1. The number of rotatable bonds is 8. The first-order valence-corrected chi connectivity index (χ1v) is 14.0. The molecule has 1 aliphatic rings. The fourth-order valence-electron chi connectivity index (χ4n) is 4.21. The van der Waals surface area contributed by atoms with Crippen LogP contribution in [-0.4, -0.2) is 35.9 Å². The molecule has 2 amide bonds. The molecule has 0 aromatic heterocycles. The van der Waals surface area contributed by atoms with Crippen molar-refractivity contribution in [1.29, 1.82) is 0 Å². The average Bonchev–Trinajstić information content (AvgIpc) is 2.89. The van der Waals surface area contributed by atoms with E-state index in [4.69, 9.17) is 11.6 Å². The second-order valence-electron chi connectivity index (χ2n) is 9.14. The molecule has 198 valence electrons. The lowest BCUT2D eigenvalue weighted by atomic mass is 9.96. The molecule has 9 heteroatoms. The van der Waals surface area contributed by atoms with Crippen molar-refractivity contribution in [2.45, 2.75) is 49.8 Å². The monoisotopic (exact) mass is 549 g/mol. The highest BCUT2D eigenvalue weighted by Crippen LogP contribution is 2.23.